The summed E-state index contributed by atoms with van der Waals surface area (Å²) in [5.41, 5.74) is 0.758. The molecule has 5 nitrogen and oxygen atoms in total. The summed E-state index contributed by atoms with van der Waals surface area (Å²) in [5, 5.41) is 22.9. The molecule has 1 aliphatic rings. The van der Waals surface area contributed by atoms with Crippen molar-refractivity contribution in [2.24, 2.45) is 0 Å². The van der Waals surface area contributed by atoms with E-state index < -0.39 is 6.10 Å². The molecule has 0 saturated carbocycles. The molecule has 0 saturated heterocycles. The van der Waals surface area contributed by atoms with E-state index in [-0.39, 0.29) is 17.9 Å². The Morgan fingerprint density at radius 3 is 2.57 bits per heavy atom. The maximum Gasteiger partial charge on any atom is 0.161 e. The number of hydrogen-bond donors (Lipinski definition) is 3. The second kappa shape index (κ2) is 6.89. The van der Waals surface area contributed by atoms with Crippen molar-refractivity contribution >= 4 is 0 Å². The van der Waals surface area contributed by atoms with Gasteiger partial charge in [0.2, 0.25) is 0 Å². The van der Waals surface area contributed by atoms with Crippen LogP contribution < -0.4 is 14.8 Å². The number of benzene rings is 2. The fraction of sp³-hybridized carbons (Fsp3) is 0.333. The Morgan fingerprint density at radius 2 is 1.83 bits per heavy atom. The highest BCUT2D eigenvalue weighted by atomic mass is 16.6. The van der Waals surface area contributed by atoms with E-state index in [2.05, 4.69) is 5.32 Å². The molecule has 0 fully saturated rings. The minimum atomic E-state index is -0.660. The third kappa shape index (κ3) is 3.75. The lowest BCUT2D eigenvalue weighted by atomic mass is 10.0. The smallest absolute Gasteiger partial charge is 0.161 e. The molecule has 0 radical (unpaired) electrons. The third-order valence-electron chi connectivity index (χ3n) is 3.94. The predicted molar refractivity (Wildman–Crippen MR) is 86.9 cm³/mol. The van der Waals surface area contributed by atoms with Crippen LogP contribution in [0.5, 0.6) is 17.2 Å². The van der Waals surface area contributed by atoms with E-state index in [1.54, 1.807) is 24.3 Å². The van der Waals surface area contributed by atoms with Gasteiger partial charge in [-0.05, 0) is 36.8 Å². The van der Waals surface area contributed by atoms with Gasteiger partial charge in [-0.15, -0.1) is 0 Å². The Morgan fingerprint density at radius 1 is 1.13 bits per heavy atom. The van der Waals surface area contributed by atoms with Gasteiger partial charge in [-0.25, -0.2) is 0 Å². The summed E-state index contributed by atoms with van der Waals surface area (Å²) in [6, 6.07) is 14.0. The number of ether oxygens (including phenoxy) is 2. The lowest BCUT2D eigenvalue weighted by molar-refractivity contribution is 0.0772. The molecule has 2 aromatic carbocycles. The average molecular weight is 315 g/mol. The van der Waals surface area contributed by atoms with Crippen molar-refractivity contribution in [3.63, 3.8) is 0 Å². The lowest BCUT2D eigenvalue weighted by Crippen LogP contribution is -2.43. The van der Waals surface area contributed by atoms with Crippen LogP contribution in [0.4, 0.5) is 0 Å². The zero-order chi connectivity index (χ0) is 16.2. The van der Waals surface area contributed by atoms with E-state index >= 15 is 0 Å². The largest absolute Gasteiger partial charge is 0.508 e. The number of nitrogens with one attached hydrogen (secondary N) is 1. The van der Waals surface area contributed by atoms with E-state index in [4.69, 9.17) is 9.47 Å². The molecule has 3 N–H and O–H groups in total. The molecule has 23 heavy (non-hydrogen) atoms. The predicted octanol–water partition coefficient (Wildman–Crippen LogP) is 2.24. The molecule has 122 valence electrons. The van der Waals surface area contributed by atoms with Crippen molar-refractivity contribution in [3.05, 3.63) is 54.1 Å². The number of aliphatic hydroxyl groups is 1. The number of para-hydroxylation sites is 2. The molecule has 1 aliphatic heterocycles. The van der Waals surface area contributed by atoms with E-state index in [0.717, 1.165) is 17.1 Å². The molecule has 3 unspecified atom stereocenters. The van der Waals surface area contributed by atoms with Crippen molar-refractivity contribution in [1.82, 2.24) is 5.32 Å². The van der Waals surface area contributed by atoms with E-state index in [1.165, 1.54) is 0 Å². The molecule has 3 rings (SSSR count). The quantitative estimate of drug-likeness (QED) is 0.789. The fourth-order valence-corrected chi connectivity index (χ4v) is 2.55. The zero-order valence-electron chi connectivity index (χ0n) is 13.0. The maximum atomic E-state index is 10.4. The average Bonchev–Trinajstić information content (AvgIpc) is 2.59. The summed E-state index contributed by atoms with van der Waals surface area (Å²) < 4.78 is 11.6. The fourth-order valence-electron chi connectivity index (χ4n) is 2.55. The first-order chi connectivity index (χ1) is 11.1. The van der Waals surface area contributed by atoms with Crippen LogP contribution in [0, 0.1) is 0 Å². The molecule has 0 bridgehead atoms. The first-order valence-corrected chi connectivity index (χ1v) is 7.72. The Hall–Kier alpha value is -2.24. The topological polar surface area (TPSA) is 71.0 Å². The number of phenolic OH excluding ortho intramolecular Hbond substituents is 1. The summed E-state index contributed by atoms with van der Waals surface area (Å²) in [7, 11) is 0. The van der Waals surface area contributed by atoms with Gasteiger partial charge in [-0.2, -0.15) is 0 Å². The first kappa shape index (κ1) is 15.6. The van der Waals surface area contributed by atoms with E-state index in [1.807, 2.05) is 31.2 Å². The molecule has 2 aromatic rings. The Bertz CT molecular complexity index is 644. The van der Waals surface area contributed by atoms with Crippen molar-refractivity contribution in [2.45, 2.75) is 25.2 Å². The van der Waals surface area contributed by atoms with Crippen LogP contribution in [0.2, 0.25) is 0 Å². The van der Waals surface area contributed by atoms with Crippen LogP contribution >= 0.6 is 0 Å². The Kier molecular flexibility index (Phi) is 4.69. The highest BCUT2D eigenvalue weighted by Gasteiger charge is 2.23. The number of aromatic hydroxyl groups is 1. The standard InChI is InChI=1S/C18H21NO4/c1-12(18(21)13-6-8-14(20)9-7-13)19-10-15-11-22-16-4-2-3-5-17(16)23-15/h2-9,12,15,18-21H,10-11H2,1H3. The molecule has 5 heteroatoms. The molecular weight excluding hydrogens is 294 g/mol. The molecular formula is C18H21NO4. The van der Waals surface area contributed by atoms with Crippen molar-refractivity contribution in [1.29, 1.82) is 0 Å². The van der Waals surface area contributed by atoms with Gasteiger partial charge in [0.25, 0.3) is 0 Å². The van der Waals surface area contributed by atoms with Gasteiger partial charge < -0.3 is 25.0 Å². The normalized spacial score (nSPS) is 19.1. The van der Waals surface area contributed by atoms with Gasteiger partial charge in [0, 0.05) is 12.6 Å². The van der Waals surface area contributed by atoms with Crippen LogP contribution in [-0.2, 0) is 0 Å². The molecule has 0 amide bonds. The molecule has 1 heterocycles. The second-order valence-corrected chi connectivity index (χ2v) is 5.73. The van der Waals surface area contributed by atoms with Crippen LogP contribution in [0.1, 0.15) is 18.6 Å². The zero-order valence-corrected chi connectivity index (χ0v) is 13.0. The maximum absolute atomic E-state index is 10.4. The van der Waals surface area contributed by atoms with Gasteiger partial charge in [0.15, 0.2) is 11.5 Å². The summed E-state index contributed by atoms with van der Waals surface area (Å²) in [6.07, 6.45) is -0.758. The van der Waals surface area contributed by atoms with Gasteiger partial charge in [-0.3, -0.25) is 0 Å². The van der Waals surface area contributed by atoms with Crippen LogP contribution in [-0.4, -0.2) is 35.5 Å². The van der Waals surface area contributed by atoms with Crippen LogP contribution in [0.15, 0.2) is 48.5 Å². The van der Waals surface area contributed by atoms with Crippen LogP contribution in [0.25, 0.3) is 0 Å². The van der Waals surface area contributed by atoms with Gasteiger partial charge >= 0.3 is 0 Å². The highest BCUT2D eigenvalue weighted by Crippen LogP contribution is 2.30. The summed E-state index contributed by atoms with van der Waals surface area (Å²) >= 11 is 0. The minimum Gasteiger partial charge on any atom is -0.508 e. The lowest BCUT2D eigenvalue weighted by Gasteiger charge is -2.28. The monoisotopic (exact) mass is 315 g/mol. The van der Waals surface area contributed by atoms with Gasteiger partial charge in [0.1, 0.15) is 18.5 Å². The van der Waals surface area contributed by atoms with Crippen molar-refractivity contribution in [3.8, 4) is 17.2 Å². The molecule has 0 aliphatic carbocycles. The summed E-state index contributed by atoms with van der Waals surface area (Å²) in [5.74, 6) is 1.70. The highest BCUT2D eigenvalue weighted by molar-refractivity contribution is 5.40. The SMILES string of the molecule is CC(NCC1COc2ccccc2O1)C(O)c1ccc(O)cc1. The number of aliphatic hydroxyl groups excluding tert-OH is 1. The van der Waals surface area contributed by atoms with Crippen molar-refractivity contribution in [2.75, 3.05) is 13.2 Å². The second-order valence-electron chi connectivity index (χ2n) is 5.73. The number of phenols is 1. The minimum absolute atomic E-state index is 0.0978. The number of rotatable bonds is 5. The summed E-state index contributed by atoms with van der Waals surface area (Å²) in [4.78, 5) is 0. The van der Waals surface area contributed by atoms with Crippen LogP contribution in [0.3, 0.4) is 0 Å². The van der Waals surface area contributed by atoms with Gasteiger partial charge in [-0.1, -0.05) is 24.3 Å². The number of fused-ring (bicyclic) bond motifs is 1. The van der Waals surface area contributed by atoms with E-state index in [0.29, 0.717) is 13.2 Å². The Labute approximate surface area is 135 Å². The molecule has 3 atom stereocenters. The van der Waals surface area contributed by atoms with E-state index in [9.17, 15) is 10.2 Å². The van der Waals surface area contributed by atoms with Crippen molar-refractivity contribution < 1.29 is 19.7 Å². The molecule has 0 spiro atoms. The molecule has 0 aromatic heterocycles. The third-order valence-corrected chi connectivity index (χ3v) is 3.94. The first-order valence-electron chi connectivity index (χ1n) is 7.72. The summed E-state index contributed by atoms with van der Waals surface area (Å²) in [6.45, 7) is 2.96. The Balaban J connectivity index is 1.53. The number of hydrogen-bond acceptors (Lipinski definition) is 5. The van der Waals surface area contributed by atoms with Gasteiger partial charge in [0.05, 0.1) is 6.10 Å².